The fraction of sp³-hybridized carbons (Fsp3) is 0.304. The first-order valence-corrected chi connectivity index (χ1v) is 10.4. The van der Waals surface area contributed by atoms with Crippen LogP contribution in [-0.2, 0) is 4.79 Å². The Morgan fingerprint density at radius 1 is 1.07 bits per heavy atom. The first-order chi connectivity index (χ1) is 13.5. The van der Waals surface area contributed by atoms with Crippen molar-refractivity contribution in [3.63, 3.8) is 0 Å². The van der Waals surface area contributed by atoms with Crippen molar-refractivity contribution in [3.8, 4) is 5.75 Å². The summed E-state index contributed by atoms with van der Waals surface area (Å²) in [5.41, 5.74) is 4.13. The molecule has 1 fully saturated rings. The molecule has 0 bridgehead atoms. The van der Waals surface area contributed by atoms with E-state index in [9.17, 15) is 4.79 Å². The number of thioether (sulfide) groups is 1. The van der Waals surface area contributed by atoms with Crippen LogP contribution in [0.3, 0.4) is 0 Å². The van der Waals surface area contributed by atoms with Crippen LogP contribution >= 0.6 is 11.8 Å². The van der Waals surface area contributed by atoms with Gasteiger partial charge < -0.3 is 4.74 Å². The maximum atomic E-state index is 12.9. The number of aryl methyl sites for hydroxylation is 2. The molecule has 3 rings (SSSR count). The van der Waals surface area contributed by atoms with Crippen molar-refractivity contribution in [3.05, 3.63) is 64.1 Å². The molecule has 4 nitrogen and oxygen atoms in total. The molecular weight excluding hydrogens is 368 g/mol. The first-order valence-electron chi connectivity index (χ1n) is 9.62. The van der Waals surface area contributed by atoms with E-state index >= 15 is 0 Å². The van der Waals surface area contributed by atoms with E-state index in [-0.39, 0.29) is 5.91 Å². The SMILES string of the molecule is CCCOc1ccc(/C=C2/SC(=Nc3c(C)cccc3C)N(CC)C2=O)cc1. The van der Waals surface area contributed by atoms with Crippen molar-refractivity contribution in [1.82, 2.24) is 4.90 Å². The minimum Gasteiger partial charge on any atom is -0.494 e. The topological polar surface area (TPSA) is 41.9 Å². The average molecular weight is 395 g/mol. The highest BCUT2D eigenvalue weighted by Gasteiger charge is 2.32. The lowest BCUT2D eigenvalue weighted by atomic mass is 10.1. The largest absolute Gasteiger partial charge is 0.494 e. The van der Waals surface area contributed by atoms with Crippen molar-refractivity contribution >= 4 is 34.6 Å². The number of hydrogen-bond acceptors (Lipinski definition) is 4. The van der Waals surface area contributed by atoms with E-state index in [1.54, 1.807) is 4.90 Å². The zero-order chi connectivity index (χ0) is 20.1. The fourth-order valence-electron chi connectivity index (χ4n) is 2.98. The number of amidine groups is 1. The molecule has 1 saturated heterocycles. The Labute approximate surface area is 171 Å². The van der Waals surface area contributed by atoms with Gasteiger partial charge in [0.05, 0.1) is 17.2 Å². The minimum atomic E-state index is 0.00352. The molecule has 1 aliphatic rings. The van der Waals surface area contributed by atoms with Crippen molar-refractivity contribution in [2.24, 2.45) is 4.99 Å². The monoisotopic (exact) mass is 394 g/mol. The molecule has 1 heterocycles. The zero-order valence-corrected chi connectivity index (χ0v) is 17.7. The van der Waals surface area contributed by atoms with Gasteiger partial charge in [0, 0.05) is 6.54 Å². The maximum absolute atomic E-state index is 12.9. The molecule has 28 heavy (non-hydrogen) atoms. The van der Waals surface area contributed by atoms with Crippen LogP contribution in [0.1, 0.15) is 37.0 Å². The molecule has 0 saturated carbocycles. The molecule has 2 aromatic carbocycles. The second-order valence-corrected chi connectivity index (χ2v) is 7.72. The molecule has 0 aliphatic carbocycles. The van der Waals surface area contributed by atoms with E-state index in [2.05, 4.69) is 6.92 Å². The minimum absolute atomic E-state index is 0.00352. The van der Waals surface area contributed by atoms with Gasteiger partial charge in [-0.15, -0.1) is 0 Å². The van der Waals surface area contributed by atoms with Crippen LogP contribution in [0.15, 0.2) is 52.4 Å². The lowest BCUT2D eigenvalue weighted by Gasteiger charge is -2.13. The predicted molar refractivity (Wildman–Crippen MR) is 118 cm³/mol. The zero-order valence-electron chi connectivity index (χ0n) is 16.9. The number of amides is 1. The number of carbonyl (C=O) groups is 1. The molecule has 2 aromatic rings. The van der Waals surface area contributed by atoms with Gasteiger partial charge in [0.1, 0.15) is 5.75 Å². The third kappa shape index (κ3) is 4.47. The van der Waals surface area contributed by atoms with E-state index in [1.165, 1.54) is 11.8 Å². The number of rotatable bonds is 6. The Morgan fingerprint density at radius 2 is 1.75 bits per heavy atom. The van der Waals surface area contributed by atoms with Crippen LogP contribution in [0.5, 0.6) is 5.75 Å². The van der Waals surface area contributed by atoms with Crippen molar-refractivity contribution in [1.29, 1.82) is 0 Å². The van der Waals surface area contributed by atoms with Crippen LogP contribution in [0, 0.1) is 13.8 Å². The number of aliphatic imine (C=N–C) groups is 1. The van der Waals surface area contributed by atoms with E-state index in [1.807, 2.05) is 69.3 Å². The highest BCUT2D eigenvalue weighted by atomic mass is 32.2. The van der Waals surface area contributed by atoms with Crippen LogP contribution < -0.4 is 4.74 Å². The summed E-state index contributed by atoms with van der Waals surface area (Å²) in [4.78, 5) is 20.1. The molecule has 0 unspecified atom stereocenters. The lowest BCUT2D eigenvalue weighted by molar-refractivity contribution is -0.122. The third-order valence-corrected chi connectivity index (χ3v) is 5.51. The molecule has 0 N–H and O–H groups in total. The van der Waals surface area contributed by atoms with Gasteiger partial charge in [0.2, 0.25) is 0 Å². The van der Waals surface area contributed by atoms with Gasteiger partial charge in [0.15, 0.2) is 5.17 Å². The van der Waals surface area contributed by atoms with Gasteiger partial charge in [-0.25, -0.2) is 4.99 Å². The first kappa shape index (κ1) is 20.2. The quantitative estimate of drug-likeness (QED) is 0.589. The highest BCUT2D eigenvalue weighted by molar-refractivity contribution is 8.18. The molecule has 146 valence electrons. The van der Waals surface area contributed by atoms with Gasteiger partial charge in [-0.05, 0) is 73.9 Å². The smallest absolute Gasteiger partial charge is 0.266 e. The van der Waals surface area contributed by atoms with Gasteiger partial charge >= 0.3 is 0 Å². The molecule has 1 amide bonds. The Morgan fingerprint density at radius 3 is 2.36 bits per heavy atom. The Balaban J connectivity index is 1.87. The average Bonchev–Trinajstić information content (AvgIpc) is 2.98. The van der Waals surface area contributed by atoms with Crippen molar-refractivity contribution < 1.29 is 9.53 Å². The van der Waals surface area contributed by atoms with Crippen LogP contribution in [-0.4, -0.2) is 29.1 Å². The van der Waals surface area contributed by atoms with Crippen molar-refractivity contribution in [2.45, 2.75) is 34.1 Å². The van der Waals surface area contributed by atoms with Gasteiger partial charge in [-0.2, -0.15) is 0 Å². The van der Waals surface area contributed by atoms with Crippen LogP contribution in [0.25, 0.3) is 6.08 Å². The molecule has 0 spiro atoms. The molecule has 0 radical (unpaired) electrons. The number of nitrogens with zero attached hydrogens (tertiary/aromatic N) is 2. The molecule has 1 aliphatic heterocycles. The summed E-state index contributed by atoms with van der Waals surface area (Å²) in [5, 5.41) is 0.735. The van der Waals surface area contributed by atoms with Crippen molar-refractivity contribution in [2.75, 3.05) is 13.2 Å². The van der Waals surface area contributed by atoms with E-state index in [4.69, 9.17) is 9.73 Å². The molecule has 5 heteroatoms. The third-order valence-electron chi connectivity index (χ3n) is 4.50. The number of ether oxygens (including phenoxy) is 1. The maximum Gasteiger partial charge on any atom is 0.266 e. The summed E-state index contributed by atoms with van der Waals surface area (Å²) >= 11 is 1.43. The van der Waals surface area contributed by atoms with Crippen LogP contribution in [0.2, 0.25) is 0 Å². The lowest BCUT2D eigenvalue weighted by Crippen LogP contribution is -2.28. The number of benzene rings is 2. The number of carbonyl (C=O) groups excluding carboxylic acids is 1. The molecule has 0 aromatic heterocycles. The fourth-order valence-corrected chi connectivity index (χ4v) is 4.03. The number of likely N-dealkylation sites (N-methyl/N-ethyl adjacent to an activating group) is 1. The number of hydrogen-bond donors (Lipinski definition) is 0. The Hall–Kier alpha value is -2.53. The predicted octanol–water partition coefficient (Wildman–Crippen LogP) is 5.72. The second-order valence-electron chi connectivity index (χ2n) is 6.71. The summed E-state index contributed by atoms with van der Waals surface area (Å²) in [5.74, 6) is 0.852. The standard InChI is InChI=1S/C23H26N2O2S/c1-5-14-27-19-12-10-18(11-13-19)15-20-22(26)25(6-2)23(28-20)24-21-16(3)8-7-9-17(21)4/h7-13,15H,5-6,14H2,1-4H3/b20-15+,24-23?. The Bertz CT molecular complexity index is 896. The number of para-hydroxylation sites is 1. The summed E-state index contributed by atoms with van der Waals surface area (Å²) in [6.07, 6.45) is 2.90. The summed E-state index contributed by atoms with van der Waals surface area (Å²) < 4.78 is 5.62. The van der Waals surface area contributed by atoms with Gasteiger partial charge in [-0.3, -0.25) is 9.69 Å². The Kier molecular flexibility index (Phi) is 6.57. The molecule has 0 atom stereocenters. The normalized spacial score (nSPS) is 17.0. The van der Waals surface area contributed by atoms with Gasteiger partial charge in [-0.1, -0.05) is 37.3 Å². The summed E-state index contributed by atoms with van der Waals surface area (Å²) in [6.45, 7) is 9.45. The second kappa shape index (κ2) is 9.11. The van der Waals surface area contributed by atoms with E-state index in [0.717, 1.165) is 39.7 Å². The van der Waals surface area contributed by atoms with Crippen LogP contribution in [0.4, 0.5) is 5.69 Å². The molecular formula is C23H26N2O2S. The highest BCUT2D eigenvalue weighted by Crippen LogP contribution is 2.35. The summed E-state index contributed by atoms with van der Waals surface area (Å²) in [7, 11) is 0. The van der Waals surface area contributed by atoms with E-state index in [0.29, 0.717) is 18.1 Å². The van der Waals surface area contributed by atoms with E-state index < -0.39 is 0 Å². The van der Waals surface area contributed by atoms with Gasteiger partial charge in [0.25, 0.3) is 5.91 Å². The summed E-state index contributed by atoms with van der Waals surface area (Å²) in [6, 6.07) is 13.9.